The highest BCUT2D eigenvalue weighted by atomic mass is 16.7. The molecule has 0 radical (unpaired) electrons. The molecule has 1 aromatic rings. The number of aromatic carboxylic acids is 1. The largest absolute Gasteiger partial charge is 0.478 e. The van der Waals surface area contributed by atoms with Gasteiger partial charge in [-0.05, 0) is 49.4 Å². The Labute approximate surface area is 105 Å². The number of aryl methyl sites for hydroxylation is 1. The summed E-state index contributed by atoms with van der Waals surface area (Å²) in [6.45, 7) is 2.24. The summed E-state index contributed by atoms with van der Waals surface area (Å²) >= 11 is 0. The smallest absolute Gasteiger partial charge is 0.335 e. The third-order valence-corrected chi connectivity index (χ3v) is 2.90. The van der Waals surface area contributed by atoms with E-state index >= 15 is 0 Å². The van der Waals surface area contributed by atoms with Gasteiger partial charge in [-0.25, -0.2) is 10.3 Å². The number of hydroxylamine groups is 1. The van der Waals surface area contributed by atoms with Crippen LogP contribution < -0.4 is 5.48 Å². The molecule has 0 saturated heterocycles. The predicted molar refractivity (Wildman–Crippen MR) is 64.3 cm³/mol. The lowest BCUT2D eigenvalue weighted by molar-refractivity contribution is 0.0269. The fourth-order valence-electron chi connectivity index (χ4n) is 1.62. The molecule has 0 aromatic heterocycles. The number of hydrogen-bond acceptors (Lipinski definition) is 3. The Hall–Kier alpha value is -1.88. The van der Waals surface area contributed by atoms with Crippen molar-refractivity contribution in [2.24, 2.45) is 5.92 Å². The Morgan fingerprint density at radius 1 is 1.44 bits per heavy atom. The standard InChI is InChI=1S/C13H15NO4/c1-8-6-10(13(16)17)4-5-11(8)12(15)14-18-7-9-2-3-9/h4-6,9H,2-3,7H2,1H3,(H,14,15)(H,16,17). The van der Waals surface area contributed by atoms with E-state index < -0.39 is 5.97 Å². The number of nitrogens with one attached hydrogen (secondary N) is 1. The number of benzene rings is 1. The molecule has 96 valence electrons. The summed E-state index contributed by atoms with van der Waals surface area (Å²) in [5.41, 5.74) is 3.58. The molecule has 0 bridgehead atoms. The van der Waals surface area contributed by atoms with E-state index in [0.717, 1.165) is 12.8 Å². The van der Waals surface area contributed by atoms with E-state index in [9.17, 15) is 9.59 Å². The molecule has 0 atom stereocenters. The van der Waals surface area contributed by atoms with Crippen LogP contribution in [0.15, 0.2) is 18.2 Å². The van der Waals surface area contributed by atoms with E-state index in [1.165, 1.54) is 18.2 Å². The fourth-order valence-corrected chi connectivity index (χ4v) is 1.62. The number of carboxylic acids is 1. The lowest BCUT2D eigenvalue weighted by atomic mass is 10.0. The summed E-state index contributed by atoms with van der Waals surface area (Å²) in [6, 6.07) is 4.37. The summed E-state index contributed by atoms with van der Waals surface area (Å²) in [4.78, 5) is 27.6. The summed E-state index contributed by atoms with van der Waals surface area (Å²) in [6.07, 6.45) is 2.31. The first kappa shape index (κ1) is 12.6. The lowest BCUT2D eigenvalue weighted by Crippen LogP contribution is -2.25. The Morgan fingerprint density at radius 2 is 2.17 bits per heavy atom. The monoisotopic (exact) mass is 249 g/mol. The third kappa shape index (κ3) is 3.07. The Balaban J connectivity index is 1.98. The first-order valence-electron chi connectivity index (χ1n) is 5.84. The maximum absolute atomic E-state index is 11.8. The minimum Gasteiger partial charge on any atom is -0.478 e. The van der Waals surface area contributed by atoms with Crippen LogP contribution in [0.2, 0.25) is 0 Å². The minimum atomic E-state index is -1.00. The van der Waals surface area contributed by atoms with Crippen LogP contribution in [0.5, 0.6) is 0 Å². The van der Waals surface area contributed by atoms with Gasteiger partial charge in [0, 0.05) is 5.56 Å². The van der Waals surface area contributed by atoms with Crippen LogP contribution >= 0.6 is 0 Å². The highest BCUT2D eigenvalue weighted by molar-refractivity contribution is 5.96. The molecule has 0 spiro atoms. The first-order valence-corrected chi connectivity index (χ1v) is 5.84. The fraction of sp³-hybridized carbons (Fsp3) is 0.385. The molecule has 1 aliphatic rings. The second kappa shape index (κ2) is 5.18. The van der Waals surface area contributed by atoms with E-state index in [2.05, 4.69) is 5.48 Å². The zero-order valence-electron chi connectivity index (χ0n) is 10.1. The first-order chi connectivity index (χ1) is 8.58. The molecule has 0 heterocycles. The van der Waals surface area contributed by atoms with Gasteiger partial charge >= 0.3 is 5.97 Å². The number of carboxylic acid groups (broad SMARTS) is 1. The van der Waals surface area contributed by atoms with E-state index in [-0.39, 0.29) is 11.5 Å². The zero-order chi connectivity index (χ0) is 13.1. The van der Waals surface area contributed by atoms with Crippen molar-refractivity contribution in [2.75, 3.05) is 6.61 Å². The number of carbonyl (C=O) groups excluding carboxylic acids is 1. The van der Waals surface area contributed by atoms with E-state index in [1.54, 1.807) is 6.92 Å². The molecule has 5 heteroatoms. The Kier molecular flexibility index (Phi) is 3.62. The zero-order valence-corrected chi connectivity index (χ0v) is 10.1. The molecular weight excluding hydrogens is 234 g/mol. The average Bonchev–Trinajstić information content (AvgIpc) is 3.12. The van der Waals surface area contributed by atoms with Gasteiger partial charge in [0.2, 0.25) is 0 Å². The molecular formula is C13H15NO4. The van der Waals surface area contributed by atoms with Crippen molar-refractivity contribution in [3.8, 4) is 0 Å². The average molecular weight is 249 g/mol. The number of rotatable bonds is 5. The van der Waals surface area contributed by atoms with Crippen LogP contribution in [0.3, 0.4) is 0 Å². The molecule has 0 unspecified atom stereocenters. The molecule has 1 fully saturated rings. The highest BCUT2D eigenvalue weighted by Crippen LogP contribution is 2.28. The van der Waals surface area contributed by atoms with Gasteiger partial charge in [-0.15, -0.1) is 0 Å². The van der Waals surface area contributed by atoms with Gasteiger partial charge in [-0.3, -0.25) is 9.63 Å². The van der Waals surface area contributed by atoms with Crippen molar-refractivity contribution >= 4 is 11.9 Å². The molecule has 1 amide bonds. The molecule has 2 rings (SSSR count). The SMILES string of the molecule is Cc1cc(C(=O)O)ccc1C(=O)NOCC1CC1. The maximum atomic E-state index is 11.8. The molecule has 1 saturated carbocycles. The second-order valence-electron chi connectivity index (χ2n) is 4.52. The number of hydrogen-bond donors (Lipinski definition) is 2. The normalized spacial score (nSPS) is 14.3. The van der Waals surface area contributed by atoms with Crippen LogP contribution in [0.25, 0.3) is 0 Å². The summed E-state index contributed by atoms with van der Waals surface area (Å²) < 4.78 is 0. The molecule has 0 aliphatic heterocycles. The van der Waals surface area contributed by atoms with Crippen molar-refractivity contribution in [3.05, 3.63) is 34.9 Å². The van der Waals surface area contributed by atoms with Gasteiger partial charge in [0.05, 0.1) is 12.2 Å². The topological polar surface area (TPSA) is 75.6 Å². The van der Waals surface area contributed by atoms with Crippen molar-refractivity contribution in [3.63, 3.8) is 0 Å². The van der Waals surface area contributed by atoms with Crippen molar-refractivity contribution in [1.82, 2.24) is 5.48 Å². The van der Waals surface area contributed by atoms with Gasteiger partial charge in [-0.1, -0.05) is 0 Å². The van der Waals surface area contributed by atoms with Crippen molar-refractivity contribution in [1.29, 1.82) is 0 Å². The van der Waals surface area contributed by atoms with Crippen LogP contribution in [-0.4, -0.2) is 23.6 Å². The van der Waals surface area contributed by atoms with E-state index in [4.69, 9.17) is 9.94 Å². The van der Waals surface area contributed by atoms with Crippen LogP contribution in [0.4, 0.5) is 0 Å². The third-order valence-electron chi connectivity index (χ3n) is 2.90. The number of carbonyl (C=O) groups is 2. The Bertz CT molecular complexity index is 480. The summed E-state index contributed by atoms with van der Waals surface area (Å²) in [5.74, 6) is -0.777. The lowest BCUT2D eigenvalue weighted by Gasteiger charge is -2.08. The molecule has 2 N–H and O–H groups in total. The van der Waals surface area contributed by atoms with Crippen molar-refractivity contribution in [2.45, 2.75) is 19.8 Å². The van der Waals surface area contributed by atoms with E-state index in [0.29, 0.717) is 23.7 Å². The van der Waals surface area contributed by atoms with Crippen molar-refractivity contribution < 1.29 is 19.5 Å². The number of amides is 1. The van der Waals surface area contributed by atoms with Gasteiger partial charge in [0.1, 0.15) is 0 Å². The van der Waals surface area contributed by atoms with Crippen LogP contribution in [0.1, 0.15) is 39.1 Å². The molecule has 1 aromatic carbocycles. The molecule has 5 nitrogen and oxygen atoms in total. The Morgan fingerprint density at radius 3 is 2.72 bits per heavy atom. The molecule has 1 aliphatic carbocycles. The second-order valence-corrected chi connectivity index (χ2v) is 4.52. The highest BCUT2D eigenvalue weighted by Gasteiger charge is 2.22. The van der Waals surface area contributed by atoms with Gasteiger partial charge < -0.3 is 5.11 Å². The summed E-state index contributed by atoms with van der Waals surface area (Å²) in [7, 11) is 0. The predicted octanol–water partition coefficient (Wildman–Crippen LogP) is 1.76. The van der Waals surface area contributed by atoms with Gasteiger partial charge in [0.25, 0.3) is 5.91 Å². The van der Waals surface area contributed by atoms with Crippen LogP contribution in [0, 0.1) is 12.8 Å². The minimum absolute atomic E-state index is 0.169. The summed E-state index contributed by atoms with van der Waals surface area (Å²) in [5, 5.41) is 8.82. The van der Waals surface area contributed by atoms with Crippen LogP contribution in [-0.2, 0) is 4.84 Å². The molecule has 18 heavy (non-hydrogen) atoms. The van der Waals surface area contributed by atoms with Gasteiger partial charge in [-0.2, -0.15) is 0 Å². The van der Waals surface area contributed by atoms with E-state index in [1.807, 2.05) is 0 Å². The maximum Gasteiger partial charge on any atom is 0.335 e. The van der Waals surface area contributed by atoms with Gasteiger partial charge in [0.15, 0.2) is 0 Å². The quantitative estimate of drug-likeness (QED) is 0.780.